The molecule has 1 aromatic heterocycles. The number of carbonyl (C=O) groups is 1. The smallest absolute Gasteiger partial charge is 0.169 e. The third-order valence-corrected chi connectivity index (χ3v) is 4.06. The van der Waals surface area contributed by atoms with Gasteiger partial charge < -0.3 is 0 Å². The van der Waals surface area contributed by atoms with E-state index in [2.05, 4.69) is 22.0 Å². The van der Waals surface area contributed by atoms with Crippen LogP contribution in [0.2, 0.25) is 0 Å². The molecule has 1 aromatic carbocycles. The maximum absolute atomic E-state index is 12.0. The van der Waals surface area contributed by atoms with Crippen LogP contribution < -0.4 is 0 Å². The van der Waals surface area contributed by atoms with Gasteiger partial charge in [0.05, 0.1) is 0 Å². The van der Waals surface area contributed by atoms with Gasteiger partial charge in [-0.3, -0.25) is 4.79 Å². The normalized spacial score (nSPS) is 10.4. The molecule has 16 heavy (non-hydrogen) atoms. The van der Waals surface area contributed by atoms with Gasteiger partial charge in [0.2, 0.25) is 0 Å². The molecule has 0 unspecified atom stereocenters. The first-order valence-electron chi connectivity index (χ1n) is 4.97. The largest absolute Gasteiger partial charge is 0.294 e. The quantitative estimate of drug-likeness (QED) is 0.774. The Kier molecular flexibility index (Phi) is 3.56. The van der Waals surface area contributed by atoms with Crippen molar-refractivity contribution in [2.24, 2.45) is 0 Å². The van der Waals surface area contributed by atoms with Crippen LogP contribution in [0.1, 0.15) is 21.5 Å². The monoisotopic (exact) mass is 294 g/mol. The maximum atomic E-state index is 12.0. The van der Waals surface area contributed by atoms with Gasteiger partial charge in [0, 0.05) is 27.2 Å². The topological polar surface area (TPSA) is 17.1 Å². The van der Waals surface area contributed by atoms with Crippen LogP contribution >= 0.6 is 27.3 Å². The summed E-state index contributed by atoms with van der Waals surface area (Å²) in [5.74, 6) is 0.165. The van der Waals surface area contributed by atoms with E-state index < -0.39 is 0 Å². The molecule has 0 bridgehead atoms. The summed E-state index contributed by atoms with van der Waals surface area (Å²) in [4.78, 5) is 12.0. The van der Waals surface area contributed by atoms with Crippen molar-refractivity contribution in [2.75, 3.05) is 0 Å². The second-order valence-electron chi connectivity index (χ2n) is 3.72. The third-order valence-electron chi connectivity index (χ3n) is 2.36. The zero-order valence-electron chi connectivity index (χ0n) is 8.87. The number of halogens is 1. The molecular weight excluding hydrogens is 284 g/mol. The Morgan fingerprint density at radius 2 is 2.19 bits per heavy atom. The molecule has 82 valence electrons. The molecule has 0 atom stereocenters. The predicted octanol–water partition coefficient (Wildman–Crippen LogP) is 4.24. The maximum Gasteiger partial charge on any atom is 0.169 e. The fraction of sp³-hybridized carbons (Fsp3) is 0.154. The van der Waals surface area contributed by atoms with Crippen molar-refractivity contribution >= 4 is 33.0 Å². The number of carbonyl (C=O) groups excluding carboxylic acids is 1. The lowest BCUT2D eigenvalue weighted by molar-refractivity contribution is 0.0992. The molecular formula is C13H11BrOS. The van der Waals surface area contributed by atoms with Gasteiger partial charge in [-0.05, 0) is 28.4 Å². The zero-order valence-corrected chi connectivity index (χ0v) is 11.3. The lowest BCUT2D eigenvalue weighted by atomic mass is 10.0. The zero-order chi connectivity index (χ0) is 11.5. The Morgan fingerprint density at radius 3 is 2.81 bits per heavy atom. The number of benzene rings is 1. The van der Waals surface area contributed by atoms with Gasteiger partial charge in [-0.25, -0.2) is 0 Å². The lowest BCUT2D eigenvalue weighted by Gasteiger charge is -2.01. The minimum atomic E-state index is 0.165. The molecule has 0 aliphatic heterocycles. The van der Waals surface area contributed by atoms with Crippen LogP contribution in [0, 0.1) is 6.92 Å². The minimum absolute atomic E-state index is 0.165. The van der Waals surface area contributed by atoms with Crippen LogP contribution in [0.15, 0.2) is 39.5 Å². The molecule has 1 heterocycles. The molecule has 0 radical (unpaired) electrons. The fourth-order valence-electron chi connectivity index (χ4n) is 1.58. The number of rotatable bonds is 3. The molecule has 0 saturated carbocycles. The van der Waals surface area contributed by atoms with Crippen molar-refractivity contribution in [3.63, 3.8) is 0 Å². The molecule has 1 nitrogen and oxygen atoms in total. The molecule has 0 aliphatic rings. The lowest BCUT2D eigenvalue weighted by Crippen LogP contribution is -2.02. The number of aryl methyl sites for hydroxylation is 1. The molecule has 0 amide bonds. The average Bonchev–Trinajstić information content (AvgIpc) is 2.64. The SMILES string of the molecule is Cc1cccc(CC(=O)c2cscc2Br)c1. The fourth-order valence-corrected chi connectivity index (χ4v) is 3.10. The van der Waals surface area contributed by atoms with Crippen molar-refractivity contribution < 1.29 is 4.79 Å². The average molecular weight is 295 g/mol. The van der Waals surface area contributed by atoms with E-state index in [1.54, 1.807) is 11.3 Å². The van der Waals surface area contributed by atoms with Crippen LogP contribution in [0.3, 0.4) is 0 Å². The molecule has 2 aromatic rings. The number of ketones is 1. The minimum Gasteiger partial charge on any atom is -0.294 e. The summed E-state index contributed by atoms with van der Waals surface area (Å²) in [6.45, 7) is 2.04. The van der Waals surface area contributed by atoms with Crippen molar-refractivity contribution in [1.82, 2.24) is 0 Å². The Labute approximate surface area is 107 Å². The van der Waals surface area contributed by atoms with Gasteiger partial charge >= 0.3 is 0 Å². The first kappa shape index (κ1) is 11.6. The first-order valence-corrected chi connectivity index (χ1v) is 6.71. The number of hydrogen-bond donors (Lipinski definition) is 0. The first-order chi connectivity index (χ1) is 7.66. The van der Waals surface area contributed by atoms with E-state index in [4.69, 9.17) is 0 Å². The van der Waals surface area contributed by atoms with E-state index in [1.165, 1.54) is 5.56 Å². The summed E-state index contributed by atoms with van der Waals surface area (Å²) in [7, 11) is 0. The summed E-state index contributed by atoms with van der Waals surface area (Å²) in [5.41, 5.74) is 3.05. The van der Waals surface area contributed by atoms with E-state index in [9.17, 15) is 4.79 Å². The van der Waals surface area contributed by atoms with Crippen molar-refractivity contribution in [2.45, 2.75) is 13.3 Å². The highest BCUT2D eigenvalue weighted by molar-refractivity contribution is 9.10. The molecule has 0 fully saturated rings. The molecule has 0 aliphatic carbocycles. The van der Waals surface area contributed by atoms with Crippen molar-refractivity contribution in [3.05, 3.63) is 56.2 Å². The van der Waals surface area contributed by atoms with E-state index in [0.717, 1.165) is 15.6 Å². The summed E-state index contributed by atoms with van der Waals surface area (Å²) in [5, 5.41) is 3.83. The second-order valence-corrected chi connectivity index (χ2v) is 5.32. The van der Waals surface area contributed by atoms with Gasteiger partial charge in [-0.15, -0.1) is 0 Å². The number of hydrogen-bond acceptors (Lipinski definition) is 2. The molecule has 0 spiro atoms. The highest BCUT2D eigenvalue weighted by atomic mass is 79.9. The Hall–Kier alpha value is -0.930. The highest BCUT2D eigenvalue weighted by Crippen LogP contribution is 2.23. The van der Waals surface area contributed by atoms with Gasteiger partial charge in [0.25, 0.3) is 0 Å². The van der Waals surface area contributed by atoms with Crippen LogP contribution in [0.5, 0.6) is 0 Å². The van der Waals surface area contributed by atoms with Crippen LogP contribution in [0.25, 0.3) is 0 Å². The van der Waals surface area contributed by atoms with E-state index >= 15 is 0 Å². The van der Waals surface area contributed by atoms with E-state index in [-0.39, 0.29) is 5.78 Å². The van der Waals surface area contributed by atoms with Crippen molar-refractivity contribution in [1.29, 1.82) is 0 Å². The summed E-state index contributed by atoms with van der Waals surface area (Å²) in [6.07, 6.45) is 0.469. The van der Waals surface area contributed by atoms with Crippen LogP contribution in [-0.2, 0) is 6.42 Å². The molecule has 2 rings (SSSR count). The Morgan fingerprint density at radius 1 is 1.38 bits per heavy atom. The highest BCUT2D eigenvalue weighted by Gasteiger charge is 2.11. The number of thiophene rings is 1. The van der Waals surface area contributed by atoms with Gasteiger partial charge in [0.1, 0.15) is 0 Å². The molecule has 3 heteroatoms. The van der Waals surface area contributed by atoms with E-state index in [1.807, 2.05) is 35.9 Å². The Balaban J connectivity index is 2.17. The van der Waals surface area contributed by atoms with Crippen LogP contribution in [0.4, 0.5) is 0 Å². The van der Waals surface area contributed by atoms with Gasteiger partial charge in [-0.2, -0.15) is 11.3 Å². The summed E-state index contributed by atoms with van der Waals surface area (Å²) < 4.78 is 0.898. The van der Waals surface area contributed by atoms with Crippen LogP contribution in [-0.4, -0.2) is 5.78 Å². The van der Waals surface area contributed by atoms with Crippen molar-refractivity contribution in [3.8, 4) is 0 Å². The molecule has 0 N–H and O–H groups in total. The van der Waals surface area contributed by atoms with E-state index in [0.29, 0.717) is 6.42 Å². The third kappa shape index (κ3) is 2.60. The standard InChI is InChI=1S/C13H11BrOS/c1-9-3-2-4-10(5-9)6-13(15)11-7-16-8-12(11)14/h2-5,7-8H,6H2,1H3. The van der Waals surface area contributed by atoms with Gasteiger partial charge in [-0.1, -0.05) is 29.8 Å². The summed E-state index contributed by atoms with van der Waals surface area (Å²) in [6, 6.07) is 8.07. The Bertz CT molecular complexity index is 516. The predicted molar refractivity (Wildman–Crippen MR) is 71.2 cm³/mol. The molecule has 0 saturated heterocycles. The number of Topliss-reactive ketones (excluding diaryl/α,β-unsaturated/α-hetero) is 1. The van der Waals surface area contributed by atoms with Gasteiger partial charge in [0.15, 0.2) is 5.78 Å². The summed E-state index contributed by atoms with van der Waals surface area (Å²) >= 11 is 4.92. The second kappa shape index (κ2) is 4.93.